The largest absolute Gasteiger partial charge is 0.503 e. The minimum Gasteiger partial charge on any atom is -0.503 e. The fourth-order valence-electron chi connectivity index (χ4n) is 3.47. The summed E-state index contributed by atoms with van der Waals surface area (Å²) in [7, 11) is 1.51. The van der Waals surface area contributed by atoms with Crippen LogP contribution in [0, 0.1) is 20.8 Å². The Morgan fingerprint density at radius 2 is 1.87 bits per heavy atom. The van der Waals surface area contributed by atoms with Crippen molar-refractivity contribution in [2.24, 2.45) is 0 Å². The molecule has 0 bridgehead atoms. The molecule has 0 fully saturated rings. The summed E-state index contributed by atoms with van der Waals surface area (Å²) in [5, 5.41) is 20.5. The SMILES string of the molecule is COc1ccccc1C1C(C(=O)c2sc(C)nc2C)=C(O)C(=O)N1c1nnc(C)s1. The number of hydrogen-bond donors (Lipinski definition) is 1. The van der Waals surface area contributed by atoms with Crippen LogP contribution in [0.5, 0.6) is 5.75 Å². The third kappa shape index (κ3) is 3.17. The zero-order chi connectivity index (χ0) is 21.6. The second kappa shape index (κ2) is 7.62. The number of aliphatic hydroxyl groups excluding tert-OH is 1. The smallest absolute Gasteiger partial charge is 0.296 e. The number of benzene rings is 1. The van der Waals surface area contributed by atoms with E-state index in [2.05, 4.69) is 15.2 Å². The topological polar surface area (TPSA) is 106 Å². The molecule has 1 atom stereocenters. The number of aryl methyl sites for hydroxylation is 3. The lowest BCUT2D eigenvalue weighted by atomic mass is 9.94. The average Bonchev–Trinajstić information content (AvgIpc) is 3.37. The highest BCUT2D eigenvalue weighted by Gasteiger charge is 2.47. The third-order valence-corrected chi connectivity index (χ3v) is 6.63. The van der Waals surface area contributed by atoms with Gasteiger partial charge in [-0.3, -0.25) is 14.5 Å². The number of Topliss-reactive ketones (excluding diaryl/α,β-unsaturated/α-hetero) is 1. The summed E-state index contributed by atoms with van der Waals surface area (Å²) in [6.45, 7) is 5.30. The van der Waals surface area contributed by atoms with Gasteiger partial charge in [0.1, 0.15) is 16.8 Å². The molecule has 10 heteroatoms. The number of anilines is 1. The van der Waals surface area contributed by atoms with Crippen molar-refractivity contribution in [3.05, 3.63) is 61.7 Å². The van der Waals surface area contributed by atoms with E-state index in [1.165, 1.54) is 34.7 Å². The van der Waals surface area contributed by atoms with E-state index >= 15 is 0 Å². The van der Waals surface area contributed by atoms with E-state index in [1.54, 1.807) is 45.0 Å². The lowest BCUT2D eigenvalue weighted by Gasteiger charge is -2.25. The Bertz CT molecular complexity index is 1200. The first-order valence-electron chi connectivity index (χ1n) is 9.02. The lowest BCUT2D eigenvalue weighted by molar-refractivity contribution is -0.117. The monoisotopic (exact) mass is 442 g/mol. The number of carbonyl (C=O) groups excluding carboxylic acids is 2. The normalized spacial score (nSPS) is 16.5. The first-order chi connectivity index (χ1) is 14.3. The first-order valence-corrected chi connectivity index (χ1v) is 10.6. The number of ether oxygens (including phenoxy) is 1. The summed E-state index contributed by atoms with van der Waals surface area (Å²) >= 11 is 2.43. The molecule has 1 aliphatic heterocycles. The van der Waals surface area contributed by atoms with Crippen LogP contribution < -0.4 is 9.64 Å². The average molecular weight is 443 g/mol. The van der Waals surface area contributed by atoms with Gasteiger partial charge in [-0.1, -0.05) is 29.5 Å². The number of para-hydroxylation sites is 1. The summed E-state index contributed by atoms with van der Waals surface area (Å²) in [4.78, 5) is 32.6. The predicted molar refractivity (Wildman–Crippen MR) is 113 cm³/mol. The van der Waals surface area contributed by atoms with E-state index in [9.17, 15) is 14.7 Å². The quantitative estimate of drug-likeness (QED) is 0.601. The second-order valence-corrected chi connectivity index (χ2v) is 9.03. The Morgan fingerprint density at radius 1 is 1.13 bits per heavy atom. The predicted octanol–water partition coefficient (Wildman–Crippen LogP) is 3.71. The molecule has 4 rings (SSSR count). The van der Waals surface area contributed by atoms with Crippen LogP contribution in [0.4, 0.5) is 5.13 Å². The molecule has 0 radical (unpaired) electrons. The number of rotatable bonds is 5. The van der Waals surface area contributed by atoms with Crippen LogP contribution in [-0.2, 0) is 4.79 Å². The summed E-state index contributed by atoms with van der Waals surface area (Å²) in [6, 6.07) is 6.17. The number of ketones is 1. The molecule has 154 valence electrons. The molecule has 3 aromatic rings. The summed E-state index contributed by atoms with van der Waals surface area (Å²) in [6.07, 6.45) is 0. The van der Waals surface area contributed by atoms with E-state index in [0.717, 1.165) is 5.01 Å². The number of amides is 1. The van der Waals surface area contributed by atoms with Gasteiger partial charge in [-0.15, -0.1) is 21.5 Å². The molecule has 30 heavy (non-hydrogen) atoms. The molecule has 1 N–H and O–H groups in total. The van der Waals surface area contributed by atoms with Gasteiger partial charge in [0.15, 0.2) is 5.76 Å². The molecule has 1 aliphatic rings. The standard InChI is InChI=1S/C20H18N4O4S2/c1-9-18(29-10(2)21-9)16(25)14-15(12-7-5-6-8-13(12)28-4)24(19(27)17(14)26)20-23-22-11(3)30-20/h5-8,15,26H,1-4H3. The zero-order valence-corrected chi connectivity index (χ0v) is 18.3. The second-order valence-electron chi connectivity index (χ2n) is 6.66. The Hall–Kier alpha value is -3.11. The Labute approximate surface area is 180 Å². The van der Waals surface area contributed by atoms with Crippen LogP contribution >= 0.6 is 22.7 Å². The Balaban J connectivity index is 1.93. The summed E-state index contributed by atoms with van der Waals surface area (Å²) in [5.74, 6) is -1.26. The summed E-state index contributed by atoms with van der Waals surface area (Å²) < 4.78 is 5.48. The first kappa shape index (κ1) is 20.2. The number of aromatic nitrogens is 3. The van der Waals surface area contributed by atoms with Crippen molar-refractivity contribution in [2.45, 2.75) is 26.8 Å². The number of aliphatic hydroxyl groups is 1. The molecule has 0 saturated carbocycles. The molecular formula is C20H18N4O4S2. The third-order valence-electron chi connectivity index (χ3n) is 4.72. The van der Waals surface area contributed by atoms with Crippen molar-refractivity contribution in [1.82, 2.24) is 15.2 Å². The van der Waals surface area contributed by atoms with Gasteiger partial charge in [-0.2, -0.15) is 0 Å². The van der Waals surface area contributed by atoms with Gasteiger partial charge in [0.2, 0.25) is 10.9 Å². The van der Waals surface area contributed by atoms with Crippen LogP contribution in [-0.4, -0.2) is 39.1 Å². The fourth-order valence-corrected chi connectivity index (χ4v) is 5.06. The molecule has 1 unspecified atom stereocenters. The minimum atomic E-state index is -0.907. The van der Waals surface area contributed by atoms with Gasteiger partial charge in [-0.25, -0.2) is 4.98 Å². The van der Waals surface area contributed by atoms with Gasteiger partial charge in [0.05, 0.1) is 28.3 Å². The maximum atomic E-state index is 13.5. The Kier molecular flexibility index (Phi) is 5.12. The molecule has 8 nitrogen and oxygen atoms in total. The highest BCUT2D eigenvalue weighted by Crippen LogP contribution is 2.45. The number of hydrogen-bond acceptors (Lipinski definition) is 9. The molecule has 2 aromatic heterocycles. The summed E-state index contributed by atoms with van der Waals surface area (Å²) in [5.41, 5.74) is 1.09. The zero-order valence-electron chi connectivity index (χ0n) is 16.7. The highest BCUT2D eigenvalue weighted by atomic mass is 32.1. The van der Waals surface area contributed by atoms with E-state index in [1.807, 2.05) is 0 Å². The molecule has 0 spiro atoms. The fraction of sp³-hybridized carbons (Fsp3) is 0.250. The van der Waals surface area contributed by atoms with Crippen molar-refractivity contribution in [1.29, 1.82) is 0 Å². The van der Waals surface area contributed by atoms with E-state index in [4.69, 9.17) is 4.74 Å². The van der Waals surface area contributed by atoms with E-state index in [-0.39, 0.29) is 5.57 Å². The molecule has 3 heterocycles. The van der Waals surface area contributed by atoms with Gasteiger partial charge >= 0.3 is 0 Å². The molecule has 0 saturated heterocycles. The van der Waals surface area contributed by atoms with Gasteiger partial charge in [0, 0.05) is 5.56 Å². The number of nitrogens with zero attached hydrogens (tertiary/aromatic N) is 4. The number of carbonyl (C=O) groups is 2. The van der Waals surface area contributed by atoms with Crippen LogP contribution in [0.3, 0.4) is 0 Å². The number of thiazole rings is 1. The molecule has 0 aliphatic carbocycles. The van der Waals surface area contributed by atoms with E-state index < -0.39 is 23.5 Å². The van der Waals surface area contributed by atoms with E-state index in [0.29, 0.717) is 32.0 Å². The molecule has 1 aromatic carbocycles. The maximum Gasteiger partial charge on any atom is 0.296 e. The lowest BCUT2D eigenvalue weighted by Crippen LogP contribution is -2.31. The molecule has 1 amide bonds. The minimum absolute atomic E-state index is 0.0240. The highest BCUT2D eigenvalue weighted by molar-refractivity contribution is 7.15. The van der Waals surface area contributed by atoms with Gasteiger partial charge in [-0.05, 0) is 26.8 Å². The van der Waals surface area contributed by atoms with Crippen molar-refractivity contribution in [2.75, 3.05) is 12.0 Å². The van der Waals surface area contributed by atoms with Crippen molar-refractivity contribution < 1.29 is 19.4 Å². The van der Waals surface area contributed by atoms with Gasteiger partial charge in [0.25, 0.3) is 5.91 Å². The van der Waals surface area contributed by atoms with Crippen molar-refractivity contribution in [3.8, 4) is 5.75 Å². The molecular weight excluding hydrogens is 424 g/mol. The van der Waals surface area contributed by atoms with Crippen molar-refractivity contribution >= 4 is 39.5 Å². The Morgan fingerprint density at radius 3 is 2.47 bits per heavy atom. The van der Waals surface area contributed by atoms with Crippen LogP contribution in [0.2, 0.25) is 0 Å². The van der Waals surface area contributed by atoms with Gasteiger partial charge < -0.3 is 9.84 Å². The number of methoxy groups -OCH3 is 1. The van der Waals surface area contributed by atoms with Crippen molar-refractivity contribution in [3.63, 3.8) is 0 Å². The van der Waals surface area contributed by atoms with Crippen LogP contribution in [0.15, 0.2) is 35.6 Å². The van der Waals surface area contributed by atoms with Crippen LogP contribution in [0.1, 0.15) is 37.0 Å². The van der Waals surface area contributed by atoms with Crippen LogP contribution in [0.25, 0.3) is 0 Å². The maximum absolute atomic E-state index is 13.5.